The van der Waals surface area contributed by atoms with E-state index in [1.54, 1.807) is 24.3 Å². The number of nitrogens with one attached hydrogen (secondary N) is 2. The number of hydrogen-bond acceptors (Lipinski definition) is 5. The van der Waals surface area contributed by atoms with Crippen LogP contribution in [0.1, 0.15) is 45.7 Å². The lowest BCUT2D eigenvalue weighted by molar-refractivity contribution is 0.0948. The maximum Gasteiger partial charge on any atom is 0.263 e. The van der Waals surface area contributed by atoms with Crippen LogP contribution in [0.15, 0.2) is 60.7 Å². The van der Waals surface area contributed by atoms with Gasteiger partial charge >= 0.3 is 0 Å². The summed E-state index contributed by atoms with van der Waals surface area (Å²) in [6.45, 7) is 6.21. The maximum absolute atomic E-state index is 13.3. The van der Waals surface area contributed by atoms with Gasteiger partial charge in [0.05, 0.1) is 19.8 Å². The van der Waals surface area contributed by atoms with Crippen LogP contribution in [0.25, 0.3) is 0 Å². The average Bonchev–Trinajstić information content (AvgIpc) is 2.90. The van der Waals surface area contributed by atoms with Gasteiger partial charge in [-0.25, -0.2) is 0 Å². The quantitative estimate of drug-likeness (QED) is 0.472. The Morgan fingerprint density at radius 2 is 1.61 bits per heavy atom. The highest BCUT2D eigenvalue weighted by Crippen LogP contribution is 2.32. The molecule has 0 saturated heterocycles. The predicted octanol–water partition coefficient (Wildman–Crippen LogP) is 4.90. The van der Waals surface area contributed by atoms with Crippen molar-refractivity contribution in [2.75, 3.05) is 37.5 Å². The standard InChI is InChI=1S/C29H33N3O4/c1-19(2)17-30-28(33)23-16-22(31-29(34)27-25(35-3)10-7-11-26(27)36-4)12-13-24(23)32-15-14-20-8-5-6-9-21(20)18-32/h5-13,16,19H,14-15,17-18H2,1-4H3,(H,30,33)(H,31,34). The molecular formula is C29H33N3O4. The van der Waals surface area contributed by atoms with Crippen molar-refractivity contribution in [3.8, 4) is 11.5 Å². The van der Waals surface area contributed by atoms with Gasteiger partial charge in [0.15, 0.2) is 0 Å². The van der Waals surface area contributed by atoms with E-state index in [-0.39, 0.29) is 11.8 Å². The number of amides is 2. The molecule has 0 spiro atoms. The second kappa shape index (κ2) is 11.2. The number of benzene rings is 3. The fourth-order valence-electron chi connectivity index (χ4n) is 4.43. The summed E-state index contributed by atoms with van der Waals surface area (Å²) in [5, 5.41) is 5.94. The molecule has 0 unspecified atom stereocenters. The van der Waals surface area contributed by atoms with Crippen LogP contribution in [0, 0.1) is 5.92 Å². The minimum atomic E-state index is -0.377. The Balaban J connectivity index is 1.66. The summed E-state index contributed by atoms with van der Waals surface area (Å²) in [6.07, 6.45) is 0.912. The van der Waals surface area contributed by atoms with Crippen molar-refractivity contribution in [3.63, 3.8) is 0 Å². The van der Waals surface area contributed by atoms with Crippen molar-refractivity contribution in [3.05, 3.63) is 82.9 Å². The Morgan fingerprint density at radius 1 is 0.917 bits per heavy atom. The van der Waals surface area contributed by atoms with Crippen LogP contribution in [0.4, 0.5) is 11.4 Å². The molecule has 0 atom stereocenters. The first-order valence-electron chi connectivity index (χ1n) is 12.2. The molecule has 0 aliphatic carbocycles. The zero-order chi connectivity index (χ0) is 25.7. The molecular weight excluding hydrogens is 454 g/mol. The summed E-state index contributed by atoms with van der Waals surface area (Å²) in [4.78, 5) is 28.7. The predicted molar refractivity (Wildman–Crippen MR) is 142 cm³/mol. The van der Waals surface area contributed by atoms with Crippen LogP contribution in [0.3, 0.4) is 0 Å². The van der Waals surface area contributed by atoms with Crippen LogP contribution in [-0.2, 0) is 13.0 Å². The van der Waals surface area contributed by atoms with Gasteiger partial charge in [0.2, 0.25) is 0 Å². The molecule has 0 radical (unpaired) electrons. The Bertz CT molecular complexity index is 1230. The van der Waals surface area contributed by atoms with Crippen molar-refractivity contribution >= 4 is 23.2 Å². The van der Waals surface area contributed by atoms with Crippen LogP contribution in [0.5, 0.6) is 11.5 Å². The van der Waals surface area contributed by atoms with Gasteiger partial charge in [-0.1, -0.05) is 44.2 Å². The fourth-order valence-corrected chi connectivity index (χ4v) is 4.43. The molecule has 0 bridgehead atoms. The summed E-state index contributed by atoms with van der Waals surface area (Å²) >= 11 is 0. The van der Waals surface area contributed by atoms with Crippen LogP contribution in [-0.4, -0.2) is 39.1 Å². The van der Waals surface area contributed by atoms with Crippen molar-refractivity contribution in [1.82, 2.24) is 5.32 Å². The molecule has 36 heavy (non-hydrogen) atoms. The second-order valence-electron chi connectivity index (χ2n) is 9.27. The summed E-state index contributed by atoms with van der Waals surface area (Å²) in [5.41, 5.74) is 4.79. The number of carbonyl (C=O) groups excluding carboxylic acids is 2. The molecule has 3 aromatic carbocycles. The number of ether oxygens (including phenoxy) is 2. The van der Waals surface area contributed by atoms with E-state index in [9.17, 15) is 9.59 Å². The molecule has 0 aromatic heterocycles. The third-order valence-electron chi connectivity index (χ3n) is 6.30. The van der Waals surface area contributed by atoms with Gasteiger partial charge in [0.1, 0.15) is 17.1 Å². The first-order chi connectivity index (χ1) is 17.4. The SMILES string of the molecule is COc1cccc(OC)c1C(=O)Nc1ccc(N2CCc3ccccc3C2)c(C(=O)NCC(C)C)c1. The van der Waals surface area contributed by atoms with Gasteiger partial charge in [-0.2, -0.15) is 0 Å². The van der Waals surface area contributed by atoms with E-state index in [4.69, 9.17) is 9.47 Å². The number of anilines is 2. The highest BCUT2D eigenvalue weighted by molar-refractivity contribution is 6.09. The summed E-state index contributed by atoms with van der Waals surface area (Å²) in [6, 6.07) is 19.1. The summed E-state index contributed by atoms with van der Waals surface area (Å²) in [7, 11) is 3.02. The minimum Gasteiger partial charge on any atom is -0.496 e. The highest BCUT2D eigenvalue weighted by Gasteiger charge is 2.23. The number of methoxy groups -OCH3 is 2. The van der Waals surface area contributed by atoms with E-state index in [2.05, 4.69) is 47.6 Å². The molecule has 0 fully saturated rings. The zero-order valence-corrected chi connectivity index (χ0v) is 21.3. The Hall–Kier alpha value is -4.00. The molecule has 4 rings (SSSR count). The third-order valence-corrected chi connectivity index (χ3v) is 6.30. The summed E-state index contributed by atoms with van der Waals surface area (Å²) < 4.78 is 10.8. The molecule has 2 amide bonds. The van der Waals surface area contributed by atoms with Crippen molar-refractivity contribution in [1.29, 1.82) is 0 Å². The maximum atomic E-state index is 13.3. The number of fused-ring (bicyclic) bond motifs is 1. The lowest BCUT2D eigenvalue weighted by atomic mass is 9.98. The third kappa shape index (κ3) is 5.46. The summed E-state index contributed by atoms with van der Waals surface area (Å²) in [5.74, 6) is 0.594. The van der Waals surface area contributed by atoms with Gasteiger partial charge in [-0.15, -0.1) is 0 Å². The van der Waals surface area contributed by atoms with E-state index in [1.165, 1.54) is 25.3 Å². The Morgan fingerprint density at radius 3 is 2.28 bits per heavy atom. The second-order valence-corrected chi connectivity index (χ2v) is 9.27. The molecule has 0 saturated carbocycles. The first kappa shape index (κ1) is 25.1. The highest BCUT2D eigenvalue weighted by atomic mass is 16.5. The van der Waals surface area contributed by atoms with E-state index in [1.807, 2.05) is 18.2 Å². The van der Waals surface area contributed by atoms with Crippen LogP contribution >= 0.6 is 0 Å². The van der Waals surface area contributed by atoms with Crippen LogP contribution < -0.4 is 25.0 Å². The molecule has 2 N–H and O–H groups in total. The van der Waals surface area contributed by atoms with E-state index >= 15 is 0 Å². The molecule has 1 heterocycles. The molecule has 7 nitrogen and oxygen atoms in total. The average molecular weight is 488 g/mol. The van der Waals surface area contributed by atoms with Gasteiger partial charge in [-0.3, -0.25) is 9.59 Å². The minimum absolute atomic E-state index is 0.163. The number of carbonyl (C=O) groups is 2. The van der Waals surface area contributed by atoms with E-state index in [0.717, 1.165) is 25.2 Å². The molecule has 1 aliphatic rings. The van der Waals surface area contributed by atoms with Crippen LogP contribution in [0.2, 0.25) is 0 Å². The molecule has 188 valence electrons. The Labute approximate surface area is 212 Å². The van der Waals surface area contributed by atoms with Crippen molar-refractivity contribution in [2.45, 2.75) is 26.8 Å². The Kier molecular flexibility index (Phi) is 7.78. The number of hydrogen-bond donors (Lipinski definition) is 2. The van der Waals surface area contributed by atoms with Gasteiger partial charge in [-0.05, 0) is 53.8 Å². The largest absolute Gasteiger partial charge is 0.496 e. The fraction of sp³-hybridized carbons (Fsp3) is 0.310. The molecule has 7 heteroatoms. The molecule has 3 aromatic rings. The monoisotopic (exact) mass is 487 g/mol. The lowest BCUT2D eigenvalue weighted by Crippen LogP contribution is -2.34. The van der Waals surface area contributed by atoms with E-state index < -0.39 is 0 Å². The smallest absolute Gasteiger partial charge is 0.263 e. The topological polar surface area (TPSA) is 79.9 Å². The van der Waals surface area contributed by atoms with Gasteiger partial charge < -0.3 is 25.0 Å². The van der Waals surface area contributed by atoms with E-state index in [0.29, 0.717) is 40.8 Å². The first-order valence-corrected chi connectivity index (χ1v) is 12.2. The zero-order valence-electron chi connectivity index (χ0n) is 21.3. The van der Waals surface area contributed by atoms with Gasteiger partial charge in [0, 0.05) is 31.0 Å². The van der Waals surface area contributed by atoms with Gasteiger partial charge in [0.25, 0.3) is 11.8 Å². The lowest BCUT2D eigenvalue weighted by Gasteiger charge is -2.32. The normalized spacial score (nSPS) is 12.6. The van der Waals surface area contributed by atoms with Crippen molar-refractivity contribution < 1.29 is 19.1 Å². The number of nitrogens with zero attached hydrogens (tertiary/aromatic N) is 1. The van der Waals surface area contributed by atoms with Crippen molar-refractivity contribution in [2.24, 2.45) is 5.92 Å². The number of rotatable bonds is 8. The molecule has 1 aliphatic heterocycles.